The molecule has 0 radical (unpaired) electrons. The van der Waals surface area contributed by atoms with Gasteiger partial charge in [-0.15, -0.1) is 0 Å². The van der Waals surface area contributed by atoms with Gasteiger partial charge < -0.3 is 4.43 Å². The molecule has 0 aliphatic carbocycles. The second-order valence-corrected chi connectivity index (χ2v) is 12.7. The van der Waals surface area contributed by atoms with Gasteiger partial charge in [0.1, 0.15) is 0 Å². The van der Waals surface area contributed by atoms with E-state index >= 15 is 0 Å². The Morgan fingerprint density at radius 3 is 2.22 bits per heavy atom. The lowest BCUT2D eigenvalue weighted by atomic mass is 10.0. The van der Waals surface area contributed by atoms with E-state index in [-0.39, 0.29) is 16.1 Å². The van der Waals surface area contributed by atoms with Gasteiger partial charge in [-0.25, -0.2) is 0 Å². The lowest BCUT2D eigenvalue weighted by molar-refractivity contribution is -0.523. The minimum atomic E-state index is -1.81. The van der Waals surface area contributed by atoms with Crippen LogP contribution < -0.4 is 0 Å². The van der Waals surface area contributed by atoms with Crippen molar-refractivity contribution in [3.05, 3.63) is 46.0 Å². The highest BCUT2D eigenvalue weighted by Crippen LogP contribution is 2.37. The summed E-state index contributed by atoms with van der Waals surface area (Å²) in [6.45, 7) is 13.1. The lowest BCUT2D eigenvalue weighted by Crippen LogP contribution is -2.43. The first-order valence-corrected chi connectivity index (χ1v) is 11.3. The van der Waals surface area contributed by atoms with Crippen molar-refractivity contribution in [3.8, 4) is 0 Å². The van der Waals surface area contributed by atoms with Crippen LogP contribution in [0.1, 0.15) is 46.1 Å². The van der Waals surface area contributed by atoms with Crippen molar-refractivity contribution in [2.45, 2.75) is 77.2 Å². The van der Waals surface area contributed by atoms with E-state index in [0.29, 0.717) is 12.8 Å². The minimum Gasteiger partial charge on any atom is -0.414 e. The third kappa shape index (κ3) is 6.43. The molecule has 0 bridgehead atoms. The van der Waals surface area contributed by atoms with Crippen molar-refractivity contribution in [1.29, 1.82) is 0 Å². The second-order valence-electron chi connectivity index (χ2n) is 7.90. The van der Waals surface area contributed by atoms with Crippen molar-refractivity contribution in [2.75, 3.05) is 0 Å². The molecule has 0 amide bonds. The summed E-state index contributed by atoms with van der Waals surface area (Å²) in [5.41, 5.74) is 1.02. The van der Waals surface area contributed by atoms with Crippen LogP contribution in [-0.4, -0.2) is 25.4 Å². The second kappa shape index (κ2) is 8.06. The molecule has 0 fully saturated rings. The van der Waals surface area contributed by atoms with Crippen LogP contribution >= 0.6 is 0 Å². The predicted molar refractivity (Wildman–Crippen MR) is 97.9 cm³/mol. The topological polar surface area (TPSA) is 52.4 Å². The largest absolute Gasteiger partial charge is 0.414 e. The molecular formula is C18H31NO3Si. The average molecular weight is 338 g/mol. The lowest BCUT2D eigenvalue weighted by Gasteiger charge is -2.38. The predicted octanol–water partition coefficient (Wildman–Crippen LogP) is 5.06. The number of rotatable bonds is 8. The maximum absolute atomic E-state index is 11.3. The zero-order valence-electron chi connectivity index (χ0n) is 15.3. The molecule has 0 aromatic heterocycles. The Labute approximate surface area is 141 Å². The summed E-state index contributed by atoms with van der Waals surface area (Å²) < 4.78 is 6.30. The van der Waals surface area contributed by atoms with Crippen LogP contribution in [0.25, 0.3) is 0 Å². The van der Waals surface area contributed by atoms with Gasteiger partial charge in [0.25, 0.3) is 0 Å². The van der Waals surface area contributed by atoms with Crippen molar-refractivity contribution in [1.82, 2.24) is 0 Å². The fourth-order valence-corrected chi connectivity index (χ4v) is 3.81. The first-order chi connectivity index (χ1) is 10.5. The number of benzene rings is 1. The first-order valence-electron chi connectivity index (χ1n) is 8.38. The Kier molecular flexibility index (Phi) is 6.95. The highest BCUT2D eigenvalue weighted by atomic mass is 28.4. The van der Waals surface area contributed by atoms with Gasteiger partial charge >= 0.3 is 0 Å². The number of nitrogens with zero attached hydrogens (tertiary/aromatic N) is 1. The third-order valence-corrected chi connectivity index (χ3v) is 9.42. The van der Waals surface area contributed by atoms with Crippen LogP contribution in [0.2, 0.25) is 18.1 Å². The Hall–Kier alpha value is -1.20. The van der Waals surface area contributed by atoms with Gasteiger partial charge in [-0.1, -0.05) is 51.1 Å². The molecule has 1 aromatic rings. The maximum atomic E-state index is 11.3. The van der Waals surface area contributed by atoms with E-state index in [9.17, 15) is 10.1 Å². The summed E-state index contributed by atoms with van der Waals surface area (Å²) >= 11 is 0. The van der Waals surface area contributed by atoms with Gasteiger partial charge in [-0.2, -0.15) is 0 Å². The summed E-state index contributed by atoms with van der Waals surface area (Å²) in [5, 5.41) is 11.5. The van der Waals surface area contributed by atoms with E-state index in [2.05, 4.69) is 33.9 Å². The van der Waals surface area contributed by atoms with Crippen LogP contribution in [0.4, 0.5) is 0 Å². The zero-order valence-corrected chi connectivity index (χ0v) is 16.3. The SMILES string of the molecule is C[C@@H](CCC(Cc1ccccc1)[N+](=O)[O-])O[Si](C)(C)C(C)(C)C. The summed E-state index contributed by atoms with van der Waals surface area (Å²) in [6.07, 6.45) is 1.83. The van der Waals surface area contributed by atoms with Gasteiger partial charge in [-0.05, 0) is 37.0 Å². The van der Waals surface area contributed by atoms with Gasteiger partial charge in [0.05, 0.1) is 0 Å². The normalized spacial score (nSPS) is 15.2. The Balaban J connectivity index is 2.57. The van der Waals surface area contributed by atoms with Crippen LogP contribution in [0.3, 0.4) is 0 Å². The molecular weight excluding hydrogens is 306 g/mol. The van der Waals surface area contributed by atoms with Gasteiger partial charge in [-0.3, -0.25) is 10.1 Å². The summed E-state index contributed by atoms with van der Waals surface area (Å²) in [6, 6.07) is 9.14. The van der Waals surface area contributed by atoms with Crippen LogP contribution in [0.15, 0.2) is 30.3 Å². The Morgan fingerprint density at radius 1 is 1.17 bits per heavy atom. The molecule has 0 saturated heterocycles. The van der Waals surface area contributed by atoms with Crippen LogP contribution in [0, 0.1) is 10.1 Å². The van der Waals surface area contributed by atoms with Crippen molar-refractivity contribution < 1.29 is 9.35 Å². The standard InChI is InChI=1S/C18H31NO3Si/c1-15(22-23(5,6)18(2,3)4)12-13-17(19(20)21)14-16-10-8-7-9-11-16/h7-11,15,17H,12-14H2,1-6H3/t15-,17?/m0/s1. The molecule has 130 valence electrons. The van der Waals surface area contributed by atoms with Gasteiger partial charge in [0.15, 0.2) is 8.32 Å². The van der Waals surface area contributed by atoms with Crippen LogP contribution in [0.5, 0.6) is 0 Å². The van der Waals surface area contributed by atoms with E-state index < -0.39 is 14.4 Å². The van der Waals surface area contributed by atoms with Crippen LogP contribution in [-0.2, 0) is 10.8 Å². The summed E-state index contributed by atoms with van der Waals surface area (Å²) in [5.74, 6) is 0. The third-order valence-electron chi connectivity index (χ3n) is 4.82. The fraction of sp³-hybridized carbons (Fsp3) is 0.667. The molecule has 23 heavy (non-hydrogen) atoms. The molecule has 1 aromatic carbocycles. The monoisotopic (exact) mass is 337 g/mol. The molecule has 2 atom stereocenters. The molecule has 4 nitrogen and oxygen atoms in total. The zero-order chi connectivity index (χ0) is 17.7. The molecule has 0 spiro atoms. The molecule has 0 aliphatic rings. The molecule has 0 saturated carbocycles. The number of hydrogen-bond acceptors (Lipinski definition) is 3. The van der Waals surface area contributed by atoms with Crippen molar-refractivity contribution in [2.24, 2.45) is 0 Å². The molecule has 5 heteroatoms. The van der Waals surface area contributed by atoms with E-state index in [1.54, 1.807) is 0 Å². The number of hydrogen-bond donors (Lipinski definition) is 0. The van der Waals surface area contributed by atoms with Crippen molar-refractivity contribution >= 4 is 8.32 Å². The van der Waals surface area contributed by atoms with Gasteiger partial charge in [0.2, 0.25) is 6.04 Å². The Bertz CT molecular complexity index is 497. The molecule has 0 N–H and O–H groups in total. The van der Waals surface area contributed by atoms with E-state index in [0.717, 1.165) is 12.0 Å². The van der Waals surface area contributed by atoms with E-state index in [1.165, 1.54) is 0 Å². The highest BCUT2D eigenvalue weighted by molar-refractivity contribution is 6.74. The fourth-order valence-electron chi connectivity index (χ4n) is 2.33. The van der Waals surface area contributed by atoms with Gasteiger partial charge in [0, 0.05) is 23.9 Å². The minimum absolute atomic E-state index is 0.0640. The molecule has 1 unspecified atom stereocenters. The highest BCUT2D eigenvalue weighted by Gasteiger charge is 2.38. The van der Waals surface area contributed by atoms with E-state index in [4.69, 9.17) is 4.43 Å². The molecule has 0 heterocycles. The smallest absolute Gasteiger partial charge is 0.217 e. The first kappa shape index (κ1) is 19.8. The average Bonchev–Trinajstić information content (AvgIpc) is 2.42. The Morgan fingerprint density at radius 2 is 1.74 bits per heavy atom. The number of nitro groups is 1. The summed E-state index contributed by atoms with van der Waals surface area (Å²) in [7, 11) is -1.81. The summed E-state index contributed by atoms with van der Waals surface area (Å²) in [4.78, 5) is 11.2. The van der Waals surface area contributed by atoms with Crippen molar-refractivity contribution in [3.63, 3.8) is 0 Å². The molecule has 0 aliphatic heterocycles. The molecule has 1 rings (SSSR count). The maximum Gasteiger partial charge on any atom is 0.217 e. The quantitative estimate of drug-likeness (QED) is 0.378. The van der Waals surface area contributed by atoms with E-state index in [1.807, 2.05) is 37.3 Å².